The number of hydrogen-bond acceptors (Lipinski definition) is 6. The first-order valence-electron chi connectivity index (χ1n) is 12.7. The highest BCUT2D eigenvalue weighted by Gasteiger charge is 2.27. The fraction of sp³-hybridized carbons (Fsp3) is 0.357. The van der Waals surface area contributed by atoms with E-state index in [0.29, 0.717) is 35.8 Å². The maximum atomic E-state index is 14.5. The molecule has 0 unspecified atom stereocenters. The fourth-order valence-electron chi connectivity index (χ4n) is 4.86. The Morgan fingerprint density at radius 1 is 1.08 bits per heavy atom. The SMILES string of the molecule is CCC(=O)NC1CCC(n2c(Nc3ccccc3F)nc3cnc(Cc4ccc(OC)cc4)nc32)CC1. The molecule has 37 heavy (non-hydrogen) atoms. The van der Waals surface area contributed by atoms with Crippen LogP contribution >= 0.6 is 0 Å². The number of fused-ring (bicyclic) bond motifs is 1. The summed E-state index contributed by atoms with van der Waals surface area (Å²) < 4.78 is 21.8. The van der Waals surface area contributed by atoms with Crippen LogP contribution in [0, 0.1) is 5.82 Å². The first-order valence-corrected chi connectivity index (χ1v) is 12.7. The first-order chi connectivity index (χ1) is 18.0. The maximum absolute atomic E-state index is 14.5. The molecule has 0 aliphatic heterocycles. The molecule has 0 saturated heterocycles. The van der Waals surface area contributed by atoms with Crippen molar-refractivity contribution in [2.75, 3.05) is 12.4 Å². The van der Waals surface area contributed by atoms with E-state index in [2.05, 4.69) is 20.2 Å². The third kappa shape index (κ3) is 5.55. The number of aromatic nitrogens is 4. The van der Waals surface area contributed by atoms with Gasteiger partial charge in [0.2, 0.25) is 11.9 Å². The number of nitrogens with zero attached hydrogens (tertiary/aromatic N) is 4. The quantitative estimate of drug-likeness (QED) is 0.339. The van der Waals surface area contributed by atoms with Crippen LogP contribution in [0.4, 0.5) is 16.0 Å². The molecular weight excluding hydrogens is 471 g/mol. The van der Waals surface area contributed by atoms with Gasteiger partial charge in [-0.2, -0.15) is 0 Å². The molecule has 0 spiro atoms. The highest BCUT2D eigenvalue weighted by Crippen LogP contribution is 2.35. The van der Waals surface area contributed by atoms with E-state index in [0.717, 1.165) is 42.6 Å². The smallest absolute Gasteiger partial charge is 0.219 e. The second kappa shape index (κ2) is 10.9. The number of carbonyl (C=O) groups is 1. The predicted molar refractivity (Wildman–Crippen MR) is 141 cm³/mol. The van der Waals surface area contributed by atoms with Crippen molar-refractivity contribution in [3.8, 4) is 5.75 Å². The summed E-state index contributed by atoms with van der Waals surface area (Å²) in [5, 5.41) is 6.30. The Kier molecular flexibility index (Phi) is 7.30. The molecule has 9 heteroatoms. The van der Waals surface area contributed by atoms with Crippen molar-refractivity contribution in [3.63, 3.8) is 0 Å². The Hall–Kier alpha value is -4.01. The Labute approximate surface area is 215 Å². The minimum Gasteiger partial charge on any atom is -0.497 e. The summed E-state index contributed by atoms with van der Waals surface area (Å²) in [6.07, 6.45) is 6.21. The summed E-state index contributed by atoms with van der Waals surface area (Å²) in [6, 6.07) is 14.7. The van der Waals surface area contributed by atoms with Gasteiger partial charge in [0.15, 0.2) is 5.65 Å². The summed E-state index contributed by atoms with van der Waals surface area (Å²) in [4.78, 5) is 26.1. The molecule has 0 atom stereocenters. The zero-order valence-electron chi connectivity index (χ0n) is 21.1. The zero-order chi connectivity index (χ0) is 25.8. The van der Waals surface area contributed by atoms with Gasteiger partial charge in [-0.15, -0.1) is 0 Å². The van der Waals surface area contributed by atoms with E-state index in [4.69, 9.17) is 14.7 Å². The van der Waals surface area contributed by atoms with Gasteiger partial charge in [-0.05, 0) is 55.5 Å². The Bertz CT molecular complexity index is 1380. The summed E-state index contributed by atoms with van der Waals surface area (Å²) in [6.45, 7) is 1.86. The normalized spacial score (nSPS) is 17.5. The van der Waals surface area contributed by atoms with Gasteiger partial charge in [0.25, 0.3) is 0 Å². The van der Waals surface area contributed by atoms with Crippen LogP contribution in [0.2, 0.25) is 0 Å². The molecule has 0 bridgehead atoms. The number of amides is 1. The molecule has 2 aromatic heterocycles. The van der Waals surface area contributed by atoms with Gasteiger partial charge in [-0.25, -0.2) is 19.3 Å². The molecule has 192 valence electrons. The van der Waals surface area contributed by atoms with Gasteiger partial charge in [0.05, 0.1) is 19.0 Å². The number of halogens is 1. The van der Waals surface area contributed by atoms with E-state index in [1.807, 2.05) is 31.2 Å². The van der Waals surface area contributed by atoms with Gasteiger partial charge in [-0.1, -0.05) is 31.2 Å². The lowest BCUT2D eigenvalue weighted by molar-refractivity contribution is -0.121. The topological polar surface area (TPSA) is 94.0 Å². The van der Waals surface area contributed by atoms with Gasteiger partial charge in [0, 0.05) is 24.9 Å². The lowest BCUT2D eigenvalue weighted by Gasteiger charge is -2.31. The van der Waals surface area contributed by atoms with E-state index >= 15 is 0 Å². The minimum absolute atomic E-state index is 0.0781. The Morgan fingerprint density at radius 3 is 2.54 bits per heavy atom. The molecule has 1 fully saturated rings. The Balaban J connectivity index is 1.47. The van der Waals surface area contributed by atoms with Crippen molar-refractivity contribution in [1.82, 2.24) is 24.8 Å². The first kappa shape index (κ1) is 24.7. The van der Waals surface area contributed by atoms with Crippen molar-refractivity contribution in [1.29, 1.82) is 0 Å². The Morgan fingerprint density at radius 2 is 1.84 bits per heavy atom. The predicted octanol–water partition coefficient (Wildman–Crippen LogP) is 5.32. The number of imidazole rings is 1. The molecule has 2 heterocycles. The molecule has 1 aliphatic rings. The molecule has 8 nitrogen and oxygen atoms in total. The van der Waals surface area contributed by atoms with Crippen LogP contribution in [0.15, 0.2) is 54.7 Å². The highest BCUT2D eigenvalue weighted by atomic mass is 19.1. The maximum Gasteiger partial charge on any atom is 0.219 e. The molecule has 0 radical (unpaired) electrons. The van der Waals surface area contributed by atoms with Crippen molar-refractivity contribution < 1.29 is 13.9 Å². The molecule has 4 aromatic rings. The van der Waals surface area contributed by atoms with Crippen molar-refractivity contribution in [2.24, 2.45) is 0 Å². The molecule has 5 rings (SSSR count). The molecule has 1 aliphatic carbocycles. The number of rotatable bonds is 8. The monoisotopic (exact) mass is 502 g/mol. The second-order valence-electron chi connectivity index (χ2n) is 9.36. The van der Waals surface area contributed by atoms with E-state index in [-0.39, 0.29) is 23.8 Å². The number of carbonyl (C=O) groups excluding carboxylic acids is 1. The van der Waals surface area contributed by atoms with E-state index in [1.165, 1.54) is 6.07 Å². The number of nitrogens with one attached hydrogen (secondary N) is 2. The number of anilines is 2. The molecular formula is C28H31FN6O2. The summed E-state index contributed by atoms with van der Waals surface area (Å²) >= 11 is 0. The third-order valence-corrected chi connectivity index (χ3v) is 6.87. The van der Waals surface area contributed by atoms with Gasteiger partial charge in [-0.3, -0.25) is 9.36 Å². The van der Waals surface area contributed by atoms with Crippen LogP contribution in [-0.4, -0.2) is 38.6 Å². The summed E-state index contributed by atoms with van der Waals surface area (Å²) in [5.74, 6) is 1.75. The van der Waals surface area contributed by atoms with Gasteiger partial charge in [0.1, 0.15) is 22.9 Å². The zero-order valence-corrected chi connectivity index (χ0v) is 21.1. The average Bonchev–Trinajstić information content (AvgIpc) is 3.28. The number of benzene rings is 2. The number of methoxy groups -OCH3 is 1. The third-order valence-electron chi connectivity index (χ3n) is 6.87. The summed E-state index contributed by atoms with van der Waals surface area (Å²) in [5.41, 5.74) is 2.80. The van der Waals surface area contributed by atoms with Crippen molar-refractivity contribution >= 4 is 28.7 Å². The van der Waals surface area contributed by atoms with Crippen LogP contribution < -0.4 is 15.4 Å². The summed E-state index contributed by atoms with van der Waals surface area (Å²) in [7, 11) is 1.64. The van der Waals surface area contributed by atoms with E-state index in [9.17, 15) is 9.18 Å². The van der Waals surface area contributed by atoms with E-state index in [1.54, 1.807) is 31.5 Å². The van der Waals surface area contributed by atoms with E-state index < -0.39 is 0 Å². The second-order valence-corrected chi connectivity index (χ2v) is 9.36. The largest absolute Gasteiger partial charge is 0.497 e. The number of ether oxygens (including phenoxy) is 1. The highest BCUT2D eigenvalue weighted by molar-refractivity contribution is 5.76. The molecule has 1 saturated carbocycles. The number of para-hydroxylation sites is 1. The standard InChI is InChI=1S/C28H31FN6O2/c1-3-26(36)31-19-10-12-20(13-11-19)35-27-24(33-28(35)32-23-7-5-4-6-22(23)29)17-30-25(34-27)16-18-8-14-21(37-2)15-9-18/h4-9,14-15,17,19-20H,3,10-13,16H2,1-2H3,(H,31,36)(H,32,33). The lowest BCUT2D eigenvalue weighted by atomic mass is 9.91. The van der Waals surface area contributed by atoms with Gasteiger partial charge >= 0.3 is 0 Å². The molecule has 2 aromatic carbocycles. The lowest BCUT2D eigenvalue weighted by Crippen LogP contribution is -2.37. The molecule has 1 amide bonds. The van der Waals surface area contributed by atoms with Gasteiger partial charge < -0.3 is 15.4 Å². The average molecular weight is 503 g/mol. The van der Waals surface area contributed by atoms with Crippen molar-refractivity contribution in [2.45, 2.75) is 57.5 Å². The van der Waals surface area contributed by atoms with Crippen molar-refractivity contribution in [3.05, 3.63) is 71.9 Å². The minimum atomic E-state index is -0.349. The van der Waals surface area contributed by atoms with Crippen LogP contribution in [-0.2, 0) is 11.2 Å². The van der Waals surface area contributed by atoms with Crippen LogP contribution in [0.3, 0.4) is 0 Å². The number of hydrogen-bond donors (Lipinski definition) is 2. The van der Waals surface area contributed by atoms with Crippen LogP contribution in [0.5, 0.6) is 5.75 Å². The molecule has 2 N–H and O–H groups in total. The fourth-order valence-corrected chi connectivity index (χ4v) is 4.86. The van der Waals surface area contributed by atoms with Crippen LogP contribution in [0.25, 0.3) is 11.2 Å². The van der Waals surface area contributed by atoms with Crippen LogP contribution in [0.1, 0.15) is 56.5 Å².